The first-order valence-corrected chi connectivity index (χ1v) is 4.44. The molecule has 0 atom stereocenters. The third-order valence-corrected chi connectivity index (χ3v) is 2.40. The molecule has 0 radical (unpaired) electrons. The molecule has 3 heteroatoms. The second-order valence-corrected chi connectivity index (χ2v) is 3.00. The third-order valence-electron chi connectivity index (χ3n) is 2.40. The zero-order valence-electron chi connectivity index (χ0n) is 8.20. The van der Waals surface area contributed by atoms with Crippen LogP contribution in [0.4, 0.5) is 5.69 Å². The van der Waals surface area contributed by atoms with E-state index in [0.29, 0.717) is 4.59 Å². The van der Waals surface area contributed by atoms with Crippen LogP contribution in [0.1, 0.15) is 13.8 Å². The predicted octanol–water partition coefficient (Wildman–Crippen LogP) is -1.09. The lowest BCUT2D eigenvalue weighted by Gasteiger charge is -2.29. The molecule has 13 heavy (non-hydrogen) atoms. The number of benzene rings is 1. The molecule has 0 aliphatic heterocycles. The van der Waals surface area contributed by atoms with E-state index in [9.17, 15) is 0 Å². The first-order chi connectivity index (χ1) is 5.73. The lowest BCUT2D eigenvalue weighted by molar-refractivity contribution is -0.00000274. The highest BCUT2D eigenvalue weighted by molar-refractivity contribution is 5.40. The summed E-state index contributed by atoms with van der Waals surface area (Å²) in [6.45, 7) is 6.08. The summed E-state index contributed by atoms with van der Waals surface area (Å²) in [7, 11) is 0. The Labute approximate surface area is 86.3 Å². The molecule has 0 saturated carbocycles. The molecule has 2 N–H and O–H groups in total. The second-order valence-electron chi connectivity index (χ2n) is 3.00. The molecule has 1 rings (SSSR count). The van der Waals surface area contributed by atoms with Crippen LogP contribution >= 0.6 is 0 Å². The van der Waals surface area contributed by atoms with E-state index in [1.165, 1.54) is 5.69 Å². The predicted molar refractivity (Wildman–Crippen MR) is 53.5 cm³/mol. The minimum atomic E-state index is 0. The monoisotopic (exact) mass is 200 g/mol. The first kappa shape index (κ1) is 12.4. The molecule has 1 aromatic rings. The molecule has 0 heterocycles. The van der Waals surface area contributed by atoms with Crippen LogP contribution in [0.3, 0.4) is 0 Å². The zero-order chi connectivity index (χ0) is 9.03. The Hall–Kier alpha value is -0.570. The van der Waals surface area contributed by atoms with Crippen LogP contribution in [-0.2, 0) is 0 Å². The Morgan fingerprint density at radius 3 is 1.92 bits per heavy atom. The standard InChI is InChI=1S/C10H17N2.ClH/c1-3-12(11,4-2)10-8-6-5-7-9-10;/h5-9H,3-4,11H2,1-2H3;1H/q+1;/p-1. The molecular weight excluding hydrogens is 184 g/mol. The number of nitrogens with two attached hydrogens (primary N) is 1. The minimum Gasteiger partial charge on any atom is -1.00 e. The van der Waals surface area contributed by atoms with Crippen molar-refractivity contribution < 1.29 is 12.4 Å². The van der Waals surface area contributed by atoms with Crippen LogP contribution in [0.25, 0.3) is 0 Å². The van der Waals surface area contributed by atoms with Gasteiger partial charge in [0.1, 0.15) is 0 Å². The average Bonchev–Trinajstić information content (AvgIpc) is 2.18. The number of hydrogen-bond donors (Lipinski definition) is 1. The van der Waals surface area contributed by atoms with Crippen molar-refractivity contribution in [3.63, 3.8) is 0 Å². The van der Waals surface area contributed by atoms with E-state index in [-0.39, 0.29) is 12.4 Å². The van der Waals surface area contributed by atoms with Crippen molar-refractivity contribution in [3.05, 3.63) is 30.3 Å². The van der Waals surface area contributed by atoms with Crippen molar-refractivity contribution >= 4 is 5.69 Å². The Morgan fingerprint density at radius 2 is 1.54 bits per heavy atom. The summed E-state index contributed by atoms with van der Waals surface area (Å²) in [5.41, 5.74) is 1.18. The average molecular weight is 201 g/mol. The van der Waals surface area contributed by atoms with Gasteiger partial charge in [-0.1, -0.05) is 18.2 Å². The van der Waals surface area contributed by atoms with Gasteiger partial charge in [-0.05, 0) is 13.8 Å². The van der Waals surface area contributed by atoms with E-state index in [0.717, 1.165) is 13.1 Å². The topological polar surface area (TPSA) is 26.0 Å². The van der Waals surface area contributed by atoms with Crippen molar-refractivity contribution in [1.29, 1.82) is 0 Å². The summed E-state index contributed by atoms with van der Waals surface area (Å²) < 4.78 is 0.529. The van der Waals surface area contributed by atoms with Gasteiger partial charge in [-0.3, -0.25) is 0 Å². The molecule has 0 amide bonds. The summed E-state index contributed by atoms with van der Waals surface area (Å²) in [4.78, 5) is 0. The minimum absolute atomic E-state index is 0. The number of rotatable bonds is 3. The highest BCUT2D eigenvalue weighted by Gasteiger charge is 2.20. The molecule has 1 aromatic carbocycles. The molecule has 0 fully saturated rings. The summed E-state index contributed by atoms with van der Waals surface area (Å²) in [6, 6.07) is 10.2. The fraction of sp³-hybridized carbons (Fsp3) is 0.400. The van der Waals surface area contributed by atoms with Gasteiger partial charge in [-0.15, -0.1) is 0 Å². The van der Waals surface area contributed by atoms with Crippen LogP contribution in [0, 0.1) is 0 Å². The highest BCUT2D eigenvalue weighted by Crippen LogP contribution is 2.16. The smallest absolute Gasteiger partial charge is 0.151 e. The van der Waals surface area contributed by atoms with E-state index in [4.69, 9.17) is 5.84 Å². The maximum atomic E-state index is 6.16. The Kier molecular flexibility index (Phi) is 4.99. The van der Waals surface area contributed by atoms with E-state index in [1.807, 2.05) is 18.2 Å². The van der Waals surface area contributed by atoms with Crippen molar-refractivity contribution in [2.75, 3.05) is 13.1 Å². The van der Waals surface area contributed by atoms with Crippen molar-refractivity contribution in [1.82, 2.24) is 4.59 Å². The van der Waals surface area contributed by atoms with Gasteiger partial charge in [-0.25, -0.2) is 4.59 Å². The zero-order valence-corrected chi connectivity index (χ0v) is 8.96. The van der Waals surface area contributed by atoms with Crippen LogP contribution < -0.4 is 22.8 Å². The van der Waals surface area contributed by atoms with Gasteiger partial charge >= 0.3 is 0 Å². The molecule has 0 aromatic heterocycles. The second kappa shape index (κ2) is 5.22. The Balaban J connectivity index is 0.00000144. The van der Waals surface area contributed by atoms with Gasteiger partial charge in [0.05, 0.1) is 13.1 Å². The first-order valence-electron chi connectivity index (χ1n) is 4.44. The molecule has 74 valence electrons. The van der Waals surface area contributed by atoms with Crippen molar-refractivity contribution in [2.45, 2.75) is 13.8 Å². The van der Waals surface area contributed by atoms with E-state index in [2.05, 4.69) is 26.0 Å². The Morgan fingerprint density at radius 1 is 1.08 bits per heavy atom. The quantitative estimate of drug-likeness (QED) is 0.375. The van der Waals surface area contributed by atoms with Gasteiger partial charge in [0.2, 0.25) is 0 Å². The SMILES string of the molecule is CC[N+](N)(CC)c1ccccc1.[Cl-]. The van der Waals surface area contributed by atoms with Gasteiger partial charge < -0.3 is 12.4 Å². The number of nitrogens with zero attached hydrogens (tertiary/aromatic N) is 1. The summed E-state index contributed by atoms with van der Waals surface area (Å²) >= 11 is 0. The van der Waals surface area contributed by atoms with Crippen molar-refractivity contribution in [3.8, 4) is 0 Å². The van der Waals surface area contributed by atoms with E-state index < -0.39 is 0 Å². The highest BCUT2D eigenvalue weighted by atomic mass is 35.5. The number of halogens is 1. The van der Waals surface area contributed by atoms with E-state index >= 15 is 0 Å². The summed E-state index contributed by atoms with van der Waals surface area (Å²) in [5, 5.41) is 0. The Bertz CT molecular complexity index is 232. The van der Waals surface area contributed by atoms with Crippen LogP contribution in [-0.4, -0.2) is 13.1 Å². The number of quaternary nitrogens is 1. The third kappa shape index (κ3) is 2.69. The van der Waals surface area contributed by atoms with E-state index in [1.54, 1.807) is 0 Å². The van der Waals surface area contributed by atoms with Crippen LogP contribution in [0.2, 0.25) is 0 Å². The molecule has 2 nitrogen and oxygen atoms in total. The fourth-order valence-corrected chi connectivity index (χ4v) is 1.31. The maximum Gasteiger partial charge on any atom is 0.151 e. The number of hydrogen-bond acceptors (Lipinski definition) is 1. The fourth-order valence-electron chi connectivity index (χ4n) is 1.31. The van der Waals surface area contributed by atoms with Gasteiger partial charge in [0, 0.05) is 12.1 Å². The molecule has 0 bridgehead atoms. The van der Waals surface area contributed by atoms with Gasteiger partial charge in [0.15, 0.2) is 5.69 Å². The van der Waals surface area contributed by atoms with Crippen molar-refractivity contribution in [2.24, 2.45) is 5.84 Å². The van der Waals surface area contributed by atoms with Crippen LogP contribution in [0.15, 0.2) is 30.3 Å². The summed E-state index contributed by atoms with van der Waals surface area (Å²) in [5.74, 6) is 6.16. The lowest BCUT2D eigenvalue weighted by Crippen LogP contribution is -3.00. The molecule has 0 spiro atoms. The molecule has 0 aliphatic rings. The maximum absolute atomic E-state index is 6.16. The largest absolute Gasteiger partial charge is 1.00 e. The molecule has 0 saturated heterocycles. The molecule has 0 unspecified atom stereocenters. The van der Waals surface area contributed by atoms with Crippen LogP contribution in [0.5, 0.6) is 0 Å². The lowest BCUT2D eigenvalue weighted by atomic mass is 10.2. The van der Waals surface area contributed by atoms with Gasteiger partial charge in [0.25, 0.3) is 0 Å². The molecule has 0 aliphatic carbocycles. The summed E-state index contributed by atoms with van der Waals surface area (Å²) in [6.07, 6.45) is 0. The molecular formula is C10H17ClN2. The number of para-hydroxylation sites is 1. The normalized spacial score (nSPS) is 10.7. The van der Waals surface area contributed by atoms with Gasteiger partial charge in [-0.2, -0.15) is 5.84 Å².